The van der Waals surface area contributed by atoms with E-state index in [0.29, 0.717) is 21.5 Å². The summed E-state index contributed by atoms with van der Waals surface area (Å²) in [6, 6.07) is 21.8. The number of hydrogen-bond acceptors (Lipinski definition) is 4. The molecule has 3 nitrogen and oxygen atoms in total. The summed E-state index contributed by atoms with van der Waals surface area (Å²) in [5, 5.41) is 0.816. The van der Waals surface area contributed by atoms with Gasteiger partial charge in [0.2, 0.25) is 0 Å². The first kappa shape index (κ1) is 19.6. The zero-order valence-electron chi connectivity index (χ0n) is 14.4. The van der Waals surface area contributed by atoms with Gasteiger partial charge in [0.25, 0.3) is 0 Å². The lowest BCUT2D eigenvalue weighted by molar-refractivity contribution is -0.140. The second-order valence-electron chi connectivity index (χ2n) is 5.60. The van der Waals surface area contributed by atoms with E-state index in [2.05, 4.69) is 0 Å². The Kier molecular flexibility index (Phi) is 6.67. The normalized spacial score (nSPS) is 11.7. The fourth-order valence-electron chi connectivity index (χ4n) is 2.36. The number of carbonyl (C=O) groups excluding carboxylic acids is 1. The maximum absolute atomic E-state index is 12.3. The molecule has 0 heterocycles. The Morgan fingerprint density at radius 1 is 0.815 bits per heavy atom. The van der Waals surface area contributed by atoms with Gasteiger partial charge in [-0.2, -0.15) is 0 Å². The van der Waals surface area contributed by atoms with Crippen molar-refractivity contribution in [1.29, 1.82) is 0 Å². The van der Waals surface area contributed by atoms with E-state index in [1.165, 1.54) is 18.9 Å². The predicted octanol–water partition coefficient (Wildman–Crippen LogP) is 6.79. The number of hydrogen-bond donors (Lipinski definition) is 0. The molecule has 0 N–H and O–H groups in total. The highest BCUT2D eigenvalue weighted by atomic mass is 35.5. The van der Waals surface area contributed by atoms with Crippen molar-refractivity contribution in [3.05, 3.63) is 88.4 Å². The Bertz CT molecular complexity index is 894. The second kappa shape index (κ2) is 9.18. The SMILES string of the molecule is COC(=O)C(Sc1ccc(Cl)cc1)c1ccc(Oc2ccc(Cl)cc2)cc1. The van der Waals surface area contributed by atoms with Crippen LogP contribution < -0.4 is 4.74 Å². The molecule has 0 saturated carbocycles. The molecule has 0 spiro atoms. The summed E-state index contributed by atoms with van der Waals surface area (Å²) >= 11 is 13.2. The second-order valence-corrected chi connectivity index (χ2v) is 7.65. The van der Waals surface area contributed by atoms with Crippen LogP contribution in [-0.2, 0) is 9.53 Å². The Hall–Kier alpha value is -2.14. The number of rotatable bonds is 6. The fourth-order valence-corrected chi connectivity index (χ4v) is 3.66. The molecule has 0 saturated heterocycles. The van der Waals surface area contributed by atoms with Crippen LogP contribution in [0.3, 0.4) is 0 Å². The maximum atomic E-state index is 12.3. The van der Waals surface area contributed by atoms with Gasteiger partial charge in [0.15, 0.2) is 0 Å². The number of ether oxygens (including phenoxy) is 2. The number of thioether (sulfide) groups is 1. The minimum atomic E-state index is -0.485. The Morgan fingerprint density at radius 2 is 1.30 bits per heavy atom. The molecule has 0 aliphatic carbocycles. The summed E-state index contributed by atoms with van der Waals surface area (Å²) < 4.78 is 10.8. The van der Waals surface area contributed by atoms with Gasteiger partial charge >= 0.3 is 5.97 Å². The zero-order chi connectivity index (χ0) is 19.2. The lowest BCUT2D eigenvalue weighted by Gasteiger charge is -2.15. The van der Waals surface area contributed by atoms with Gasteiger partial charge in [-0.1, -0.05) is 35.3 Å². The van der Waals surface area contributed by atoms with Gasteiger partial charge in [0, 0.05) is 14.9 Å². The summed E-state index contributed by atoms with van der Waals surface area (Å²) in [5.74, 6) is 1.04. The van der Waals surface area contributed by atoms with Crippen LogP contribution in [-0.4, -0.2) is 13.1 Å². The highest BCUT2D eigenvalue weighted by Gasteiger charge is 2.23. The third-order valence-corrected chi connectivity index (χ3v) is 5.46. The summed E-state index contributed by atoms with van der Waals surface area (Å²) in [6.45, 7) is 0. The van der Waals surface area contributed by atoms with E-state index in [9.17, 15) is 4.79 Å². The first-order chi connectivity index (χ1) is 13.0. The molecule has 27 heavy (non-hydrogen) atoms. The average Bonchev–Trinajstić information content (AvgIpc) is 2.69. The number of halogens is 2. The smallest absolute Gasteiger partial charge is 0.323 e. The van der Waals surface area contributed by atoms with E-state index in [0.717, 1.165) is 10.5 Å². The first-order valence-corrected chi connectivity index (χ1v) is 9.72. The van der Waals surface area contributed by atoms with Crippen LogP contribution in [0.4, 0.5) is 0 Å². The molecule has 0 aromatic heterocycles. The molecule has 0 radical (unpaired) electrons. The lowest BCUT2D eigenvalue weighted by Crippen LogP contribution is -2.11. The molecule has 3 aromatic rings. The Balaban J connectivity index is 1.77. The third-order valence-electron chi connectivity index (χ3n) is 3.72. The van der Waals surface area contributed by atoms with Crippen LogP contribution in [0.25, 0.3) is 0 Å². The molecule has 0 bridgehead atoms. The van der Waals surface area contributed by atoms with E-state index in [1.54, 1.807) is 36.4 Å². The number of benzene rings is 3. The average molecular weight is 419 g/mol. The molecule has 6 heteroatoms. The number of carbonyl (C=O) groups is 1. The van der Waals surface area contributed by atoms with Gasteiger partial charge in [-0.3, -0.25) is 4.79 Å². The molecule has 3 aromatic carbocycles. The van der Waals surface area contributed by atoms with E-state index in [4.69, 9.17) is 32.7 Å². The molecule has 138 valence electrons. The topological polar surface area (TPSA) is 35.5 Å². The Labute approximate surface area is 172 Å². The fraction of sp³-hybridized carbons (Fsp3) is 0.0952. The van der Waals surface area contributed by atoms with Crippen molar-refractivity contribution in [3.63, 3.8) is 0 Å². The van der Waals surface area contributed by atoms with Crippen molar-refractivity contribution < 1.29 is 14.3 Å². The van der Waals surface area contributed by atoms with Crippen molar-refractivity contribution in [2.24, 2.45) is 0 Å². The van der Waals surface area contributed by atoms with Gasteiger partial charge in [-0.15, -0.1) is 11.8 Å². The van der Waals surface area contributed by atoms with Crippen molar-refractivity contribution in [2.45, 2.75) is 10.1 Å². The largest absolute Gasteiger partial charge is 0.468 e. The summed E-state index contributed by atoms with van der Waals surface area (Å²) in [7, 11) is 1.38. The summed E-state index contributed by atoms with van der Waals surface area (Å²) in [6.07, 6.45) is 0. The van der Waals surface area contributed by atoms with Crippen LogP contribution in [0.5, 0.6) is 11.5 Å². The summed E-state index contributed by atoms with van der Waals surface area (Å²) in [5.41, 5.74) is 0.824. The molecular formula is C21H16Cl2O3S. The minimum Gasteiger partial charge on any atom is -0.468 e. The maximum Gasteiger partial charge on any atom is 0.323 e. The van der Waals surface area contributed by atoms with E-state index >= 15 is 0 Å². The third kappa shape index (κ3) is 5.42. The van der Waals surface area contributed by atoms with Crippen LogP contribution in [0.2, 0.25) is 10.0 Å². The highest BCUT2D eigenvalue weighted by Crippen LogP contribution is 2.37. The molecule has 0 fully saturated rings. The van der Waals surface area contributed by atoms with Gasteiger partial charge in [-0.05, 0) is 66.2 Å². The number of methoxy groups -OCH3 is 1. The van der Waals surface area contributed by atoms with E-state index in [-0.39, 0.29) is 5.97 Å². The molecule has 0 aliphatic rings. The highest BCUT2D eigenvalue weighted by molar-refractivity contribution is 8.00. The van der Waals surface area contributed by atoms with Gasteiger partial charge < -0.3 is 9.47 Å². The van der Waals surface area contributed by atoms with Crippen molar-refractivity contribution >= 4 is 40.9 Å². The summed E-state index contributed by atoms with van der Waals surface area (Å²) in [4.78, 5) is 13.2. The molecular weight excluding hydrogens is 403 g/mol. The lowest BCUT2D eigenvalue weighted by atomic mass is 10.1. The Morgan fingerprint density at radius 3 is 1.81 bits per heavy atom. The van der Waals surface area contributed by atoms with Crippen molar-refractivity contribution in [1.82, 2.24) is 0 Å². The molecule has 3 rings (SSSR count). The minimum absolute atomic E-state index is 0.318. The van der Waals surface area contributed by atoms with E-state index < -0.39 is 5.25 Å². The predicted molar refractivity (Wildman–Crippen MR) is 110 cm³/mol. The molecule has 1 atom stereocenters. The van der Waals surface area contributed by atoms with Gasteiger partial charge in [0.05, 0.1) is 7.11 Å². The first-order valence-electron chi connectivity index (χ1n) is 8.08. The van der Waals surface area contributed by atoms with Crippen molar-refractivity contribution in [3.8, 4) is 11.5 Å². The van der Waals surface area contributed by atoms with Crippen molar-refractivity contribution in [2.75, 3.05) is 7.11 Å². The quantitative estimate of drug-likeness (QED) is 0.325. The van der Waals surface area contributed by atoms with Crippen LogP contribution in [0.1, 0.15) is 10.8 Å². The monoisotopic (exact) mass is 418 g/mol. The van der Waals surface area contributed by atoms with Gasteiger partial charge in [0.1, 0.15) is 16.7 Å². The molecule has 1 unspecified atom stereocenters. The zero-order valence-corrected chi connectivity index (χ0v) is 16.7. The molecule has 0 aliphatic heterocycles. The molecule has 0 amide bonds. The van der Waals surface area contributed by atoms with Crippen LogP contribution in [0.15, 0.2) is 77.7 Å². The van der Waals surface area contributed by atoms with Gasteiger partial charge in [-0.25, -0.2) is 0 Å². The number of esters is 1. The van der Waals surface area contributed by atoms with Crippen LogP contribution in [0, 0.1) is 0 Å². The standard InChI is InChI=1S/C21H16Cl2O3S/c1-25-21(24)20(27-19-12-6-16(23)7-13-19)14-2-8-17(9-3-14)26-18-10-4-15(22)5-11-18/h2-13,20H,1H3. The van der Waals surface area contributed by atoms with Crippen LogP contribution >= 0.6 is 35.0 Å². The van der Waals surface area contributed by atoms with E-state index in [1.807, 2.05) is 36.4 Å².